The summed E-state index contributed by atoms with van der Waals surface area (Å²) in [6, 6.07) is 5.11. The molecule has 1 aromatic rings. The predicted molar refractivity (Wildman–Crippen MR) is 160 cm³/mol. The van der Waals surface area contributed by atoms with E-state index in [0.29, 0.717) is 5.92 Å². The van der Waals surface area contributed by atoms with Gasteiger partial charge in [-0.2, -0.15) is 0 Å². The van der Waals surface area contributed by atoms with Crippen LogP contribution in [0.4, 0.5) is 4.79 Å². The first-order chi connectivity index (χ1) is 20.3. The Morgan fingerprint density at radius 2 is 1.72 bits per heavy atom. The molecule has 3 fully saturated rings. The molecule has 0 unspecified atom stereocenters. The lowest BCUT2D eigenvalue weighted by Gasteiger charge is -2.29. The predicted octanol–water partition coefficient (Wildman–Crippen LogP) is 2.18. The van der Waals surface area contributed by atoms with E-state index in [0.717, 1.165) is 24.0 Å². The zero-order chi connectivity index (χ0) is 31.3. The van der Waals surface area contributed by atoms with E-state index in [2.05, 4.69) is 34.3 Å². The van der Waals surface area contributed by atoms with Crippen molar-refractivity contribution in [3.8, 4) is 23.7 Å². The van der Waals surface area contributed by atoms with Crippen LogP contribution < -0.4 is 10.6 Å². The second-order valence-electron chi connectivity index (χ2n) is 12.8. The minimum Gasteiger partial charge on any atom is -0.444 e. The summed E-state index contributed by atoms with van der Waals surface area (Å²) in [6.45, 7) is 9.31. The van der Waals surface area contributed by atoms with Gasteiger partial charge in [0, 0.05) is 43.1 Å². The molecule has 4 atom stereocenters. The van der Waals surface area contributed by atoms with Crippen LogP contribution in [-0.4, -0.2) is 81.6 Å². The van der Waals surface area contributed by atoms with Gasteiger partial charge < -0.3 is 25.4 Å². The van der Waals surface area contributed by atoms with E-state index in [1.54, 1.807) is 34.6 Å². The van der Waals surface area contributed by atoms with Gasteiger partial charge in [-0.15, -0.1) is 0 Å². The molecule has 2 heterocycles. The maximum Gasteiger partial charge on any atom is 0.411 e. The molecule has 0 aromatic heterocycles. The zero-order valence-electron chi connectivity index (χ0n) is 25.6. The Labute approximate surface area is 253 Å². The SMILES string of the molecule is CC(C)C(=O)N1C[C@H](NC(=O)[C@@H]2[C@H](O)CCN2C(=O)OC(C)(C)C)C[C@@H]1C(=O)NCc1ccc(C#CC#CC2CC2)cc1. The fourth-order valence-electron chi connectivity index (χ4n) is 5.15. The third kappa shape index (κ3) is 8.75. The summed E-state index contributed by atoms with van der Waals surface area (Å²) in [6.07, 6.45) is 1.05. The molecule has 2 aliphatic heterocycles. The highest BCUT2D eigenvalue weighted by Crippen LogP contribution is 2.27. The molecule has 10 heteroatoms. The summed E-state index contributed by atoms with van der Waals surface area (Å²) >= 11 is 0. The van der Waals surface area contributed by atoms with Crippen LogP contribution in [0.25, 0.3) is 0 Å². The molecule has 0 spiro atoms. The van der Waals surface area contributed by atoms with Gasteiger partial charge in [-0.1, -0.05) is 37.8 Å². The first-order valence-corrected chi connectivity index (χ1v) is 15.0. The van der Waals surface area contributed by atoms with Crippen LogP contribution in [0.2, 0.25) is 0 Å². The minimum atomic E-state index is -1.12. The Morgan fingerprint density at radius 1 is 1.02 bits per heavy atom. The number of likely N-dealkylation sites (tertiary alicyclic amines) is 2. The first kappa shape index (κ1) is 31.9. The lowest BCUT2D eigenvalue weighted by Crippen LogP contribution is -2.53. The van der Waals surface area contributed by atoms with Crippen LogP contribution in [0, 0.1) is 35.5 Å². The van der Waals surface area contributed by atoms with E-state index in [-0.39, 0.29) is 50.2 Å². The lowest BCUT2D eigenvalue weighted by atomic mass is 10.1. The molecule has 3 N–H and O–H groups in total. The molecular weight excluding hydrogens is 548 g/mol. The number of carbonyl (C=O) groups excluding carboxylic acids is 4. The van der Waals surface area contributed by atoms with Crippen LogP contribution in [0.5, 0.6) is 0 Å². The second kappa shape index (κ2) is 13.5. The molecule has 4 rings (SSSR count). The number of hydrogen-bond acceptors (Lipinski definition) is 6. The monoisotopic (exact) mass is 590 g/mol. The number of aliphatic hydroxyl groups excluding tert-OH is 1. The average Bonchev–Trinajstić information content (AvgIpc) is 3.54. The molecule has 10 nitrogen and oxygen atoms in total. The normalized spacial score (nSPS) is 23.1. The highest BCUT2D eigenvalue weighted by atomic mass is 16.6. The van der Waals surface area contributed by atoms with E-state index in [9.17, 15) is 24.3 Å². The van der Waals surface area contributed by atoms with Crippen molar-refractivity contribution in [2.24, 2.45) is 11.8 Å². The first-order valence-electron chi connectivity index (χ1n) is 15.0. The van der Waals surface area contributed by atoms with Gasteiger partial charge in [-0.05, 0) is 76.0 Å². The molecule has 1 saturated carbocycles. The maximum absolute atomic E-state index is 13.3. The number of nitrogens with zero attached hydrogens (tertiary/aromatic N) is 2. The van der Waals surface area contributed by atoms with E-state index in [1.807, 2.05) is 24.3 Å². The van der Waals surface area contributed by atoms with Gasteiger partial charge in [-0.25, -0.2) is 4.79 Å². The number of carbonyl (C=O) groups is 4. The molecule has 0 bridgehead atoms. The molecule has 230 valence electrons. The molecule has 43 heavy (non-hydrogen) atoms. The number of benzene rings is 1. The van der Waals surface area contributed by atoms with Gasteiger partial charge in [0.15, 0.2) is 0 Å². The number of ether oxygens (including phenoxy) is 1. The lowest BCUT2D eigenvalue weighted by molar-refractivity contribution is -0.140. The number of nitrogens with one attached hydrogen (secondary N) is 2. The van der Waals surface area contributed by atoms with Crippen molar-refractivity contribution < 1.29 is 29.0 Å². The fraction of sp³-hybridized carbons (Fsp3) is 0.576. The molecule has 2 saturated heterocycles. The third-order valence-corrected chi connectivity index (χ3v) is 7.53. The summed E-state index contributed by atoms with van der Waals surface area (Å²) in [5, 5.41) is 16.3. The third-order valence-electron chi connectivity index (χ3n) is 7.53. The summed E-state index contributed by atoms with van der Waals surface area (Å²) in [7, 11) is 0. The van der Waals surface area contributed by atoms with Gasteiger partial charge in [0.1, 0.15) is 17.7 Å². The highest BCUT2D eigenvalue weighted by molar-refractivity contribution is 5.90. The van der Waals surface area contributed by atoms with Crippen molar-refractivity contribution in [1.82, 2.24) is 20.4 Å². The zero-order valence-corrected chi connectivity index (χ0v) is 25.6. The van der Waals surface area contributed by atoms with Crippen molar-refractivity contribution in [2.75, 3.05) is 13.1 Å². The smallest absolute Gasteiger partial charge is 0.411 e. The van der Waals surface area contributed by atoms with Gasteiger partial charge in [0.2, 0.25) is 17.7 Å². The number of aliphatic hydroxyl groups is 1. The Kier molecular flexibility index (Phi) is 10.0. The second-order valence-corrected chi connectivity index (χ2v) is 12.8. The summed E-state index contributed by atoms with van der Waals surface area (Å²) in [4.78, 5) is 55.1. The Bertz CT molecular complexity index is 1340. The van der Waals surface area contributed by atoms with E-state index in [4.69, 9.17) is 4.74 Å². The number of amides is 4. The molecule has 3 aliphatic rings. The summed E-state index contributed by atoms with van der Waals surface area (Å²) < 4.78 is 5.42. The highest BCUT2D eigenvalue weighted by Gasteiger charge is 2.46. The van der Waals surface area contributed by atoms with Crippen molar-refractivity contribution in [3.63, 3.8) is 0 Å². The van der Waals surface area contributed by atoms with Crippen LogP contribution in [0.1, 0.15) is 71.4 Å². The van der Waals surface area contributed by atoms with Crippen LogP contribution in [0.3, 0.4) is 0 Å². The molecular formula is C33H42N4O6. The van der Waals surface area contributed by atoms with Gasteiger partial charge in [0.25, 0.3) is 0 Å². The maximum atomic E-state index is 13.3. The molecule has 1 aliphatic carbocycles. The van der Waals surface area contributed by atoms with E-state index >= 15 is 0 Å². The van der Waals surface area contributed by atoms with Crippen LogP contribution in [-0.2, 0) is 25.7 Å². The molecule has 4 amide bonds. The summed E-state index contributed by atoms with van der Waals surface area (Å²) in [5.41, 5.74) is 0.960. The van der Waals surface area contributed by atoms with Gasteiger partial charge in [-0.3, -0.25) is 19.3 Å². The van der Waals surface area contributed by atoms with Crippen molar-refractivity contribution in [2.45, 2.75) is 96.7 Å². The standard InChI is InChI=1S/C33H42N4O6/c1-21(2)31(41)37-20-25(35-30(40)28-27(38)16-17-36(28)32(42)43-33(3,4)5)18-26(37)29(39)34-19-24-14-12-23(13-15-24)9-7-6-8-22-10-11-22/h12-15,21-22,25-28,38H,10-11,16-20H2,1-5H3,(H,34,39)(H,35,40)/t25-,26-,27-,28+/m1/s1. The topological polar surface area (TPSA) is 128 Å². The Hall–Kier alpha value is -4.02. The molecule has 1 aromatic carbocycles. The number of hydrogen-bond donors (Lipinski definition) is 3. The Balaban J connectivity index is 1.37. The Morgan fingerprint density at radius 3 is 2.35 bits per heavy atom. The minimum absolute atomic E-state index is 0.146. The van der Waals surface area contributed by atoms with E-state index < -0.39 is 41.8 Å². The molecule has 0 radical (unpaired) electrons. The van der Waals surface area contributed by atoms with Crippen molar-refractivity contribution >= 4 is 23.8 Å². The van der Waals surface area contributed by atoms with Crippen LogP contribution in [0.15, 0.2) is 24.3 Å². The van der Waals surface area contributed by atoms with Gasteiger partial charge >= 0.3 is 6.09 Å². The van der Waals surface area contributed by atoms with Gasteiger partial charge in [0.05, 0.1) is 6.10 Å². The quantitative estimate of drug-likeness (QED) is 0.436. The van der Waals surface area contributed by atoms with Crippen LogP contribution >= 0.6 is 0 Å². The average molecular weight is 591 g/mol. The summed E-state index contributed by atoms with van der Waals surface area (Å²) in [5.74, 6) is 11.0. The number of rotatable bonds is 6. The van der Waals surface area contributed by atoms with E-state index in [1.165, 1.54) is 9.80 Å². The fourth-order valence-corrected chi connectivity index (χ4v) is 5.15. The van der Waals surface area contributed by atoms with Crippen molar-refractivity contribution in [1.29, 1.82) is 0 Å². The largest absolute Gasteiger partial charge is 0.444 e. The van der Waals surface area contributed by atoms with Crippen molar-refractivity contribution in [3.05, 3.63) is 35.4 Å².